The van der Waals surface area contributed by atoms with Crippen LogP contribution in [0.5, 0.6) is 11.5 Å². The molecule has 0 aromatic heterocycles. The Morgan fingerprint density at radius 1 is 1.17 bits per heavy atom. The first-order valence-electron chi connectivity index (χ1n) is 5.78. The lowest BCUT2D eigenvalue weighted by Gasteiger charge is -2.37. The van der Waals surface area contributed by atoms with Crippen LogP contribution in [-0.2, 0) is 4.65 Å². The molecule has 99 valence electrons. The Labute approximate surface area is 109 Å². The highest BCUT2D eigenvalue weighted by molar-refractivity contribution is 6.47. The van der Waals surface area contributed by atoms with Crippen molar-refractivity contribution in [3.8, 4) is 11.5 Å². The first-order valence-corrected chi connectivity index (χ1v) is 5.78. The molecule has 0 saturated carbocycles. The number of aliphatic hydroxyl groups is 1. The van der Waals surface area contributed by atoms with E-state index in [-0.39, 0.29) is 5.75 Å². The van der Waals surface area contributed by atoms with Gasteiger partial charge in [-0.25, -0.2) is 0 Å². The van der Waals surface area contributed by atoms with Crippen molar-refractivity contribution in [1.29, 1.82) is 0 Å². The van der Waals surface area contributed by atoms with Gasteiger partial charge in [0.25, 0.3) is 0 Å². The van der Waals surface area contributed by atoms with E-state index < -0.39 is 11.2 Å². The minimum atomic E-state index is -0.968. The lowest BCUT2D eigenvalue weighted by molar-refractivity contribution is -0.0893. The molecule has 0 atom stereocenters. The van der Waals surface area contributed by atoms with Crippen LogP contribution in [0.15, 0.2) is 18.2 Å². The second-order valence-electron chi connectivity index (χ2n) is 5.24. The average molecular weight is 251 g/mol. The molecular weight excluding hydrogens is 231 g/mol. The number of hydrogen-bond acceptors (Lipinski definition) is 4. The highest BCUT2D eigenvalue weighted by atomic mass is 16.5. The molecule has 0 saturated heterocycles. The Morgan fingerprint density at radius 3 is 2.28 bits per heavy atom. The third kappa shape index (κ3) is 3.40. The van der Waals surface area contributed by atoms with Gasteiger partial charge < -0.3 is 19.6 Å². The van der Waals surface area contributed by atoms with E-state index in [0.717, 1.165) is 5.46 Å². The summed E-state index contributed by atoms with van der Waals surface area (Å²) < 4.78 is 10.6. The SMILES string of the molecule is COc1cc([B]OC(C)(C)C(C)(C)O)ccc1O. The third-order valence-corrected chi connectivity index (χ3v) is 3.17. The van der Waals surface area contributed by atoms with E-state index in [1.807, 2.05) is 0 Å². The number of benzene rings is 1. The second-order valence-corrected chi connectivity index (χ2v) is 5.24. The molecule has 1 rings (SSSR count). The van der Waals surface area contributed by atoms with Crippen LogP contribution in [0.1, 0.15) is 27.7 Å². The Kier molecular flexibility index (Phi) is 4.30. The number of ether oxygens (including phenoxy) is 1. The quantitative estimate of drug-likeness (QED) is 0.772. The molecular formula is C13H20BO4. The molecule has 1 aromatic rings. The minimum absolute atomic E-state index is 0.0800. The molecule has 18 heavy (non-hydrogen) atoms. The van der Waals surface area contributed by atoms with Gasteiger partial charge in [-0.2, -0.15) is 0 Å². The maximum absolute atomic E-state index is 9.96. The Balaban J connectivity index is 2.75. The van der Waals surface area contributed by atoms with Crippen molar-refractivity contribution in [1.82, 2.24) is 0 Å². The van der Waals surface area contributed by atoms with Crippen LogP contribution in [0.4, 0.5) is 0 Å². The fourth-order valence-corrected chi connectivity index (χ4v) is 1.13. The summed E-state index contributed by atoms with van der Waals surface area (Å²) >= 11 is 0. The molecule has 5 heteroatoms. The van der Waals surface area contributed by atoms with Crippen LogP contribution in [-0.4, -0.2) is 36.0 Å². The Morgan fingerprint density at radius 2 is 1.78 bits per heavy atom. The predicted octanol–water partition coefficient (Wildman–Crippen LogP) is 1.21. The van der Waals surface area contributed by atoms with Crippen molar-refractivity contribution in [2.75, 3.05) is 7.11 Å². The second kappa shape index (κ2) is 5.20. The summed E-state index contributed by atoms with van der Waals surface area (Å²) in [6, 6.07) is 4.90. The normalized spacial score (nSPS) is 12.3. The molecule has 2 N–H and O–H groups in total. The van der Waals surface area contributed by atoms with E-state index in [4.69, 9.17) is 9.39 Å². The molecule has 1 aromatic carbocycles. The van der Waals surface area contributed by atoms with Gasteiger partial charge in [-0.3, -0.25) is 0 Å². The van der Waals surface area contributed by atoms with Crippen molar-refractivity contribution >= 4 is 12.9 Å². The van der Waals surface area contributed by atoms with Gasteiger partial charge in [0, 0.05) is 0 Å². The summed E-state index contributed by atoms with van der Waals surface area (Å²) in [5.41, 5.74) is -0.940. The van der Waals surface area contributed by atoms with E-state index in [1.54, 1.807) is 47.3 Å². The largest absolute Gasteiger partial charge is 0.504 e. The lowest BCUT2D eigenvalue weighted by Crippen LogP contribution is -2.49. The molecule has 0 unspecified atom stereocenters. The van der Waals surface area contributed by atoms with Gasteiger partial charge >= 0.3 is 7.48 Å². The zero-order chi connectivity index (χ0) is 14.0. The van der Waals surface area contributed by atoms with E-state index in [2.05, 4.69) is 0 Å². The van der Waals surface area contributed by atoms with Gasteiger partial charge in [0.15, 0.2) is 11.5 Å². The van der Waals surface area contributed by atoms with Crippen LogP contribution >= 0.6 is 0 Å². The van der Waals surface area contributed by atoms with Crippen LogP contribution < -0.4 is 10.2 Å². The number of hydrogen-bond donors (Lipinski definition) is 2. The van der Waals surface area contributed by atoms with Crippen molar-refractivity contribution in [2.24, 2.45) is 0 Å². The summed E-state index contributed by atoms with van der Waals surface area (Å²) in [4.78, 5) is 0. The molecule has 0 amide bonds. The van der Waals surface area contributed by atoms with Crippen molar-refractivity contribution in [3.63, 3.8) is 0 Å². The van der Waals surface area contributed by atoms with Crippen molar-refractivity contribution < 1.29 is 19.6 Å². The monoisotopic (exact) mass is 251 g/mol. The molecule has 4 nitrogen and oxygen atoms in total. The number of rotatable bonds is 5. The first kappa shape index (κ1) is 14.9. The maximum atomic E-state index is 9.96. The summed E-state index contributed by atoms with van der Waals surface area (Å²) in [6.45, 7) is 7.00. The van der Waals surface area contributed by atoms with Gasteiger partial charge in [-0.15, -0.1) is 0 Å². The molecule has 1 radical (unpaired) electrons. The molecule has 0 aliphatic carbocycles. The van der Waals surface area contributed by atoms with Crippen LogP contribution in [0.2, 0.25) is 0 Å². The first-order chi connectivity index (χ1) is 8.17. The minimum Gasteiger partial charge on any atom is -0.504 e. The lowest BCUT2D eigenvalue weighted by atomic mass is 9.82. The average Bonchev–Trinajstić information content (AvgIpc) is 2.26. The van der Waals surface area contributed by atoms with Crippen LogP contribution in [0.3, 0.4) is 0 Å². The zero-order valence-electron chi connectivity index (χ0n) is 11.5. The van der Waals surface area contributed by atoms with Crippen molar-refractivity contribution in [3.05, 3.63) is 18.2 Å². The molecule has 0 fully saturated rings. The third-order valence-electron chi connectivity index (χ3n) is 3.17. The fourth-order valence-electron chi connectivity index (χ4n) is 1.13. The highest BCUT2D eigenvalue weighted by Gasteiger charge is 2.35. The molecule has 0 aliphatic heterocycles. The number of phenols is 1. The van der Waals surface area contributed by atoms with E-state index in [1.165, 1.54) is 13.2 Å². The van der Waals surface area contributed by atoms with Gasteiger partial charge in [-0.1, -0.05) is 6.07 Å². The number of aromatic hydroxyl groups is 1. The van der Waals surface area contributed by atoms with E-state index >= 15 is 0 Å². The van der Waals surface area contributed by atoms with Gasteiger partial charge in [0.1, 0.15) is 0 Å². The summed E-state index contributed by atoms with van der Waals surface area (Å²) in [5.74, 6) is 0.463. The molecule has 0 bridgehead atoms. The molecule has 0 aliphatic rings. The van der Waals surface area contributed by atoms with Gasteiger partial charge in [0.2, 0.25) is 0 Å². The van der Waals surface area contributed by atoms with Crippen LogP contribution in [0, 0.1) is 0 Å². The van der Waals surface area contributed by atoms with E-state index in [0.29, 0.717) is 5.75 Å². The smallest absolute Gasteiger partial charge is 0.331 e. The van der Waals surface area contributed by atoms with E-state index in [9.17, 15) is 10.2 Å². The van der Waals surface area contributed by atoms with Gasteiger partial charge in [0.05, 0.1) is 18.3 Å². The Hall–Kier alpha value is -1.20. The van der Waals surface area contributed by atoms with Crippen LogP contribution in [0.25, 0.3) is 0 Å². The fraction of sp³-hybridized carbons (Fsp3) is 0.538. The highest BCUT2D eigenvalue weighted by Crippen LogP contribution is 2.25. The topological polar surface area (TPSA) is 58.9 Å². The summed E-state index contributed by atoms with van der Waals surface area (Å²) in [6.07, 6.45) is 0. The summed E-state index contributed by atoms with van der Waals surface area (Å²) in [7, 11) is 3.03. The van der Waals surface area contributed by atoms with Gasteiger partial charge in [-0.05, 0) is 45.3 Å². The standard InChI is InChI=1S/C13H20BO4/c1-12(2,16)13(3,4)18-14-9-6-7-10(15)11(8-9)17-5/h6-8,15-16H,1-5H3. The Bertz CT molecular complexity index is 410. The zero-order valence-corrected chi connectivity index (χ0v) is 11.5. The number of phenolic OH excluding ortho intramolecular Hbond substituents is 1. The number of methoxy groups -OCH3 is 1. The maximum Gasteiger partial charge on any atom is 0.331 e. The van der Waals surface area contributed by atoms with Crippen molar-refractivity contribution in [2.45, 2.75) is 38.9 Å². The molecule has 0 heterocycles. The summed E-state index contributed by atoms with van der Waals surface area (Å²) in [5, 5.41) is 19.4. The molecule has 0 spiro atoms. The predicted molar refractivity (Wildman–Crippen MR) is 71.5 cm³/mol.